The number of halogens is 2. The monoisotopic (exact) mass is 434 g/mol. The third-order valence-corrected chi connectivity index (χ3v) is 5.34. The second-order valence-electron chi connectivity index (χ2n) is 6.20. The van der Waals surface area contributed by atoms with Crippen LogP contribution in [-0.2, 0) is 19.3 Å². The molecular weight excluding hydrogens is 412 g/mol. The van der Waals surface area contributed by atoms with Gasteiger partial charge in [0.05, 0.1) is 16.3 Å². The smallest absolute Gasteiger partial charge is 0.259 e. The topological polar surface area (TPSA) is 42.0 Å². The first-order valence-corrected chi connectivity index (χ1v) is 9.90. The number of nitrogens with one attached hydrogen (secondary N) is 1. The van der Waals surface area contributed by atoms with E-state index < -0.39 is 0 Å². The molecule has 5 heteroatoms. The molecule has 0 saturated heterocycles. The van der Waals surface area contributed by atoms with Gasteiger partial charge in [-0.15, -0.1) is 6.58 Å². The zero-order chi connectivity index (χ0) is 19.4. The minimum absolute atomic E-state index is 0.225. The van der Waals surface area contributed by atoms with Gasteiger partial charge in [-0.25, -0.2) is 0 Å². The second-order valence-corrected chi connectivity index (χ2v) is 7.50. The van der Waals surface area contributed by atoms with Gasteiger partial charge in [0.15, 0.2) is 0 Å². The van der Waals surface area contributed by atoms with Crippen molar-refractivity contribution in [1.29, 1.82) is 0 Å². The van der Waals surface area contributed by atoms with Crippen LogP contribution in [0.5, 0.6) is 0 Å². The highest BCUT2D eigenvalue weighted by Gasteiger charge is 2.21. The van der Waals surface area contributed by atoms with Crippen molar-refractivity contribution >= 4 is 39.1 Å². The normalized spacial score (nSPS) is 10.7. The number of anilines is 1. The quantitative estimate of drug-likeness (QED) is 0.547. The number of benzene rings is 1. The summed E-state index contributed by atoms with van der Waals surface area (Å²) in [6.07, 6.45) is 3.99. The molecule has 26 heavy (non-hydrogen) atoms. The number of pyridine rings is 1. The number of aromatic nitrogens is 1. The molecule has 138 valence electrons. The van der Waals surface area contributed by atoms with E-state index in [4.69, 9.17) is 11.6 Å². The number of carbonyl (C=O) groups is 1. The fraction of sp³-hybridized carbons (Fsp3) is 0.333. The van der Waals surface area contributed by atoms with Crippen LogP contribution in [0.2, 0.25) is 5.02 Å². The van der Waals surface area contributed by atoms with Gasteiger partial charge in [-0.1, -0.05) is 47.5 Å². The van der Waals surface area contributed by atoms with E-state index in [2.05, 4.69) is 46.7 Å². The van der Waals surface area contributed by atoms with E-state index in [0.29, 0.717) is 22.7 Å². The van der Waals surface area contributed by atoms with Gasteiger partial charge in [0.1, 0.15) is 0 Å². The number of allylic oxidation sites excluding steroid dienone is 1. The van der Waals surface area contributed by atoms with Crippen LogP contribution in [0.15, 0.2) is 29.3 Å². The molecular formula is C21H24BrClN2O. The third kappa shape index (κ3) is 4.18. The Hall–Kier alpha value is -1.65. The van der Waals surface area contributed by atoms with E-state index in [1.807, 2.05) is 26.0 Å². The Balaban J connectivity index is 2.52. The van der Waals surface area contributed by atoms with Crippen molar-refractivity contribution in [3.8, 4) is 0 Å². The standard InChI is InChI=1S/C21H24BrClN2O/c1-6-9-17-12(4)24-13(5)18(19(17)23)21(26)25-20-14(7-2)10-16(22)11-15(20)8-3/h6,10-11H,1,7-9H2,2-5H3,(H,25,26). The number of aryl methyl sites for hydroxylation is 4. The van der Waals surface area contributed by atoms with Crippen molar-refractivity contribution < 1.29 is 4.79 Å². The Morgan fingerprint density at radius 2 is 1.81 bits per heavy atom. The zero-order valence-electron chi connectivity index (χ0n) is 15.7. The summed E-state index contributed by atoms with van der Waals surface area (Å²) >= 11 is 10.1. The molecule has 1 aromatic carbocycles. The van der Waals surface area contributed by atoms with E-state index in [1.54, 1.807) is 6.08 Å². The molecule has 1 N–H and O–H groups in total. The lowest BCUT2D eigenvalue weighted by Crippen LogP contribution is -2.18. The number of hydrogen-bond donors (Lipinski definition) is 1. The molecule has 0 aliphatic heterocycles. The number of amides is 1. The maximum atomic E-state index is 13.1. The largest absolute Gasteiger partial charge is 0.321 e. The highest BCUT2D eigenvalue weighted by molar-refractivity contribution is 9.10. The molecule has 0 atom stereocenters. The van der Waals surface area contributed by atoms with Gasteiger partial charge < -0.3 is 5.32 Å². The van der Waals surface area contributed by atoms with Crippen LogP contribution in [0.3, 0.4) is 0 Å². The van der Waals surface area contributed by atoms with Gasteiger partial charge in [-0.3, -0.25) is 9.78 Å². The summed E-state index contributed by atoms with van der Waals surface area (Å²) in [6.45, 7) is 11.6. The van der Waals surface area contributed by atoms with Gasteiger partial charge >= 0.3 is 0 Å². The van der Waals surface area contributed by atoms with Crippen LogP contribution >= 0.6 is 27.5 Å². The predicted octanol–water partition coefficient (Wildman–Crippen LogP) is 6.22. The van der Waals surface area contributed by atoms with Crippen molar-refractivity contribution in [3.63, 3.8) is 0 Å². The molecule has 2 rings (SSSR count). The molecule has 0 spiro atoms. The van der Waals surface area contributed by atoms with Crippen LogP contribution in [0, 0.1) is 13.8 Å². The van der Waals surface area contributed by atoms with E-state index in [9.17, 15) is 4.79 Å². The van der Waals surface area contributed by atoms with E-state index in [0.717, 1.165) is 45.4 Å². The second kappa shape index (κ2) is 8.83. The lowest BCUT2D eigenvalue weighted by Gasteiger charge is -2.18. The molecule has 0 bridgehead atoms. The molecule has 2 aromatic rings. The zero-order valence-corrected chi connectivity index (χ0v) is 18.0. The molecule has 0 aliphatic carbocycles. The first kappa shape index (κ1) is 20.7. The summed E-state index contributed by atoms with van der Waals surface area (Å²) in [5.74, 6) is -0.225. The molecule has 0 aliphatic rings. The Morgan fingerprint density at radius 3 is 2.31 bits per heavy atom. The Morgan fingerprint density at radius 1 is 1.23 bits per heavy atom. The van der Waals surface area contributed by atoms with Gasteiger partial charge in [0.25, 0.3) is 5.91 Å². The Labute approximate surface area is 169 Å². The number of nitrogens with zero attached hydrogens (tertiary/aromatic N) is 1. The van der Waals surface area contributed by atoms with E-state index in [1.165, 1.54) is 0 Å². The van der Waals surface area contributed by atoms with Gasteiger partial charge in [0.2, 0.25) is 0 Å². The van der Waals surface area contributed by atoms with Crippen LogP contribution in [0.25, 0.3) is 0 Å². The van der Waals surface area contributed by atoms with Gasteiger partial charge in [-0.05, 0) is 61.9 Å². The average molecular weight is 436 g/mol. The average Bonchev–Trinajstić information content (AvgIpc) is 2.59. The molecule has 3 nitrogen and oxygen atoms in total. The minimum Gasteiger partial charge on any atom is -0.321 e. The molecule has 0 saturated carbocycles. The highest BCUT2D eigenvalue weighted by Crippen LogP contribution is 2.31. The van der Waals surface area contributed by atoms with Crippen molar-refractivity contribution in [1.82, 2.24) is 4.98 Å². The third-order valence-electron chi connectivity index (χ3n) is 4.46. The fourth-order valence-corrected chi connectivity index (χ4v) is 4.10. The molecule has 1 heterocycles. The maximum Gasteiger partial charge on any atom is 0.259 e. The summed E-state index contributed by atoms with van der Waals surface area (Å²) in [5.41, 5.74) is 5.78. The lowest BCUT2D eigenvalue weighted by molar-refractivity contribution is 0.102. The van der Waals surface area contributed by atoms with Gasteiger partial charge in [-0.2, -0.15) is 0 Å². The van der Waals surface area contributed by atoms with E-state index in [-0.39, 0.29) is 5.91 Å². The fourth-order valence-electron chi connectivity index (χ4n) is 3.11. The van der Waals surface area contributed by atoms with Crippen molar-refractivity contribution in [2.45, 2.75) is 47.0 Å². The maximum absolute atomic E-state index is 13.1. The van der Waals surface area contributed by atoms with Crippen LogP contribution in [0.1, 0.15) is 52.3 Å². The molecule has 0 radical (unpaired) electrons. The van der Waals surface area contributed by atoms with Crippen LogP contribution in [0.4, 0.5) is 5.69 Å². The highest BCUT2D eigenvalue weighted by atomic mass is 79.9. The van der Waals surface area contributed by atoms with Gasteiger partial charge in [0, 0.05) is 15.9 Å². The molecule has 0 fully saturated rings. The number of rotatable bonds is 6. The number of hydrogen-bond acceptors (Lipinski definition) is 2. The first-order chi connectivity index (χ1) is 12.3. The van der Waals surface area contributed by atoms with Crippen molar-refractivity contribution in [2.24, 2.45) is 0 Å². The molecule has 1 aromatic heterocycles. The molecule has 1 amide bonds. The molecule has 0 unspecified atom stereocenters. The Kier molecular flexibility index (Phi) is 7.01. The lowest BCUT2D eigenvalue weighted by atomic mass is 10.0. The summed E-state index contributed by atoms with van der Waals surface area (Å²) in [7, 11) is 0. The van der Waals surface area contributed by atoms with Crippen molar-refractivity contribution in [3.05, 3.63) is 67.9 Å². The Bertz CT molecular complexity index is 837. The summed E-state index contributed by atoms with van der Waals surface area (Å²) in [5, 5.41) is 3.54. The summed E-state index contributed by atoms with van der Waals surface area (Å²) in [4.78, 5) is 17.6. The van der Waals surface area contributed by atoms with E-state index >= 15 is 0 Å². The minimum atomic E-state index is -0.225. The predicted molar refractivity (Wildman–Crippen MR) is 113 cm³/mol. The van der Waals surface area contributed by atoms with Crippen molar-refractivity contribution in [2.75, 3.05) is 5.32 Å². The summed E-state index contributed by atoms with van der Waals surface area (Å²) < 4.78 is 1.02. The first-order valence-electron chi connectivity index (χ1n) is 8.73. The number of carbonyl (C=O) groups excluding carboxylic acids is 1. The summed E-state index contributed by atoms with van der Waals surface area (Å²) in [6, 6.07) is 4.08. The van der Waals surface area contributed by atoms with Crippen LogP contribution < -0.4 is 5.32 Å². The van der Waals surface area contributed by atoms with Crippen LogP contribution in [-0.4, -0.2) is 10.9 Å². The SMILES string of the molecule is C=CCc1c(C)nc(C)c(C(=O)Nc2c(CC)cc(Br)cc2CC)c1Cl.